The van der Waals surface area contributed by atoms with E-state index in [9.17, 15) is 14.4 Å². The Hall–Kier alpha value is -1.79. The highest BCUT2D eigenvalue weighted by atomic mass is 17.2. The molecule has 17 heavy (non-hydrogen) atoms. The highest BCUT2D eigenvalue weighted by Crippen LogP contribution is 1.97. The normalized spacial score (nSPS) is 9.65. The van der Waals surface area contributed by atoms with Crippen LogP contribution >= 0.6 is 0 Å². The van der Waals surface area contributed by atoms with Crippen molar-refractivity contribution in [2.24, 2.45) is 5.92 Å². The third-order valence-corrected chi connectivity index (χ3v) is 1.33. The van der Waals surface area contributed by atoms with Gasteiger partial charge in [-0.3, -0.25) is 4.79 Å². The molecule has 0 amide bonds. The number of carbonyl (C=O) groups excluding carboxylic acids is 3. The molecule has 0 atom stereocenters. The fourth-order valence-corrected chi connectivity index (χ4v) is 0.699. The summed E-state index contributed by atoms with van der Waals surface area (Å²) in [4.78, 5) is 40.6. The van der Waals surface area contributed by atoms with E-state index >= 15 is 0 Å². The largest absolute Gasteiger partial charge is 0.549 e. The zero-order valence-electron chi connectivity index (χ0n) is 10.1. The zero-order chi connectivity index (χ0) is 13.3. The van der Waals surface area contributed by atoms with Gasteiger partial charge in [-0.25, -0.2) is 14.6 Å². The van der Waals surface area contributed by atoms with E-state index in [1.165, 1.54) is 0 Å². The van der Waals surface area contributed by atoms with Crippen LogP contribution in [0.5, 0.6) is 0 Å². The summed E-state index contributed by atoms with van der Waals surface area (Å²) in [7, 11) is 0. The summed E-state index contributed by atoms with van der Waals surface area (Å²) in [6.07, 6.45) is -1.75. The molecule has 0 N–H and O–H groups in total. The Bertz CT molecular complexity index is 272. The minimum atomic E-state index is -1.13. The molecular weight excluding hydrogens is 232 g/mol. The molecule has 0 spiro atoms. The van der Waals surface area contributed by atoms with Gasteiger partial charge in [0.15, 0.2) is 0 Å². The SMILES string of the molecule is CCOC(=O)CC(=O)OOC(=O)OCC(C)C. The average Bonchev–Trinajstić information content (AvgIpc) is 2.23. The molecule has 0 aromatic heterocycles. The summed E-state index contributed by atoms with van der Waals surface area (Å²) >= 11 is 0. The molecule has 0 aliphatic heterocycles. The lowest BCUT2D eigenvalue weighted by molar-refractivity contribution is -0.244. The van der Waals surface area contributed by atoms with Gasteiger partial charge in [-0.15, -0.1) is 0 Å². The highest BCUT2D eigenvalue weighted by molar-refractivity contribution is 5.91. The minimum Gasteiger partial charge on any atom is -0.466 e. The first-order chi connectivity index (χ1) is 7.95. The summed E-state index contributed by atoms with van der Waals surface area (Å²) < 4.78 is 9.04. The lowest BCUT2D eigenvalue weighted by Gasteiger charge is -2.06. The van der Waals surface area contributed by atoms with Crippen molar-refractivity contribution in [1.82, 2.24) is 0 Å². The smallest absolute Gasteiger partial charge is 0.466 e. The first-order valence-corrected chi connectivity index (χ1v) is 5.15. The maximum Gasteiger partial charge on any atom is 0.549 e. The monoisotopic (exact) mass is 248 g/mol. The number of ether oxygens (including phenoxy) is 2. The molecule has 0 aromatic rings. The van der Waals surface area contributed by atoms with Crippen molar-refractivity contribution in [1.29, 1.82) is 0 Å². The van der Waals surface area contributed by atoms with Gasteiger partial charge in [0.2, 0.25) is 0 Å². The molecule has 0 radical (unpaired) electrons. The molecule has 0 saturated carbocycles. The summed E-state index contributed by atoms with van der Waals surface area (Å²) in [5.74, 6) is -1.64. The molecule has 98 valence electrons. The van der Waals surface area contributed by atoms with E-state index in [2.05, 4.69) is 19.2 Å². The van der Waals surface area contributed by atoms with Crippen LogP contribution < -0.4 is 0 Å². The first kappa shape index (κ1) is 15.2. The fourth-order valence-electron chi connectivity index (χ4n) is 0.699. The van der Waals surface area contributed by atoms with Crippen molar-refractivity contribution < 1.29 is 33.6 Å². The van der Waals surface area contributed by atoms with E-state index in [0.717, 1.165) is 0 Å². The lowest BCUT2D eigenvalue weighted by atomic mass is 10.2. The van der Waals surface area contributed by atoms with Gasteiger partial charge >= 0.3 is 18.1 Å². The summed E-state index contributed by atoms with van der Waals surface area (Å²) in [5, 5.41) is 0. The topological polar surface area (TPSA) is 88.1 Å². The molecule has 0 bridgehead atoms. The van der Waals surface area contributed by atoms with Gasteiger partial charge in [0.25, 0.3) is 0 Å². The minimum absolute atomic E-state index is 0.137. The van der Waals surface area contributed by atoms with Crippen molar-refractivity contribution >= 4 is 18.1 Å². The number of carbonyl (C=O) groups is 3. The molecule has 0 saturated heterocycles. The highest BCUT2D eigenvalue weighted by Gasteiger charge is 2.16. The molecule has 0 aliphatic rings. The van der Waals surface area contributed by atoms with Gasteiger partial charge in [0.05, 0.1) is 13.2 Å². The van der Waals surface area contributed by atoms with E-state index in [4.69, 9.17) is 0 Å². The Balaban J connectivity index is 3.69. The second kappa shape index (κ2) is 8.37. The van der Waals surface area contributed by atoms with Crippen molar-refractivity contribution in [3.05, 3.63) is 0 Å². The van der Waals surface area contributed by atoms with Crippen molar-refractivity contribution in [3.8, 4) is 0 Å². The molecule has 0 unspecified atom stereocenters. The molecule has 0 rings (SSSR count). The lowest BCUT2D eigenvalue weighted by Crippen LogP contribution is -2.18. The van der Waals surface area contributed by atoms with Gasteiger partial charge in [0.1, 0.15) is 6.42 Å². The van der Waals surface area contributed by atoms with Crippen molar-refractivity contribution in [2.75, 3.05) is 13.2 Å². The van der Waals surface area contributed by atoms with Crippen molar-refractivity contribution in [3.63, 3.8) is 0 Å². The van der Waals surface area contributed by atoms with E-state index in [-0.39, 0.29) is 19.1 Å². The van der Waals surface area contributed by atoms with Crippen LogP contribution in [0.1, 0.15) is 27.2 Å². The van der Waals surface area contributed by atoms with E-state index in [1.807, 2.05) is 13.8 Å². The Kier molecular flexibility index (Phi) is 7.49. The summed E-state index contributed by atoms with van der Waals surface area (Å²) in [5.41, 5.74) is 0. The second-order valence-corrected chi connectivity index (χ2v) is 3.48. The molecule has 0 heterocycles. The maximum atomic E-state index is 10.9. The third-order valence-electron chi connectivity index (χ3n) is 1.33. The van der Waals surface area contributed by atoms with Crippen LogP contribution in [0.25, 0.3) is 0 Å². The van der Waals surface area contributed by atoms with Crippen LogP contribution in [0.4, 0.5) is 4.79 Å². The third kappa shape index (κ3) is 9.16. The van der Waals surface area contributed by atoms with Crippen LogP contribution in [0.15, 0.2) is 0 Å². The Labute approximate surface area is 98.9 Å². The van der Waals surface area contributed by atoms with Gasteiger partial charge < -0.3 is 9.47 Å². The Morgan fingerprint density at radius 3 is 2.18 bits per heavy atom. The van der Waals surface area contributed by atoms with E-state index < -0.39 is 24.5 Å². The standard InChI is InChI=1S/C10H16O7/c1-4-14-8(11)5-9(12)16-17-10(13)15-6-7(2)3/h7H,4-6H2,1-3H3. The van der Waals surface area contributed by atoms with Crippen LogP contribution in [-0.4, -0.2) is 31.3 Å². The number of rotatable bonds is 5. The van der Waals surface area contributed by atoms with Crippen molar-refractivity contribution in [2.45, 2.75) is 27.2 Å². The van der Waals surface area contributed by atoms with E-state index in [1.54, 1.807) is 6.92 Å². The van der Waals surface area contributed by atoms with Crippen LogP contribution in [0.3, 0.4) is 0 Å². The predicted octanol–water partition coefficient (Wildman–Crippen LogP) is 1.21. The molecule has 0 fully saturated rings. The maximum absolute atomic E-state index is 10.9. The summed E-state index contributed by atoms with van der Waals surface area (Å²) in [6.45, 7) is 5.57. The summed E-state index contributed by atoms with van der Waals surface area (Å²) in [6, 6.07) is 0. The quantitative estimate of drug-likeness (QED) is 0.312. The average molecular weight is 248 g/mol. The molecule has 0 aliphatic carbocycles. The van der Waals surface area contributed by atoms with Gasteiger partial charge in [-0.2, -0.15) is 4.79 Å². The number of esters is 1. The predicted molar refractivity (Wildman–Crippen MR) is 54.6 cm³/mol. The van der Waals surface area contributed by atoms with Gasteiger partial charge in [-0.1, -0.05) is 13.8 Å². The van der Waals surface area contributed by atoms with Crippen LogP contribution in [0.2, 0.25) is 0 Å². The van der Waals surface area contributed by atoms with Gasteiger partial charge in [0, 0.05) is 0 Å². The Morgan fingerprint density at radius 2 is 1.65 bits per heavy atom. The van der Waals surface area contributed by atoms with Crippen LogP contribution in [0, 0.1) is 5.92 Å². The molecule has 7 heteroatoms. The fraction of sp³-hybridized carbons (Fsp3) is 0.700. The van der Waals surface area contributed by atoms with Gasteiger partial charge in [-0.05, 0) is 12.8 Å². The molecular formula is C10H16O7. The first-order valence-electron chi connectivity index (χ1n) is 5.15. The molecule has 7 nitrogen and oxygen atoms in total. The number of hydrogen-bond acceptors (Lipinski definition) is 7. The van der Waals surface area contributed by atoms with E-state index in [0.29, 0.717) is 0 Å². The Morgan fingerprint density at radius 1 is 1.00 bits per heavy atom. The zero-order valence-corrected chi connectivity index (χ0v) is 10.1. The molecule has 0 aromatic carbocycles. The number of hydrogen-bond donors (Lipinski definition) is 0. The second-order valence-electron chi connectivity index (χ2n) is 3.48. The van der Waals surface area contributed by atoms with Crippen LogP contribution in [-0.2, 0) is 28.8 Å².